The molecule has 2 N–H and O–H groups in total. The summed E-state index contributed by atoms with van der Waals surface area (Å²) in [5, 5.41) is 11.3. The topological polar surface area (TPSA) is 75.1 Å². The molecule has 0 aliphatic carbocycles. The minimum atomic E-state index is -0.974. The van der Waals surface area contributed by atoms with E-state index in [1.54, 1.807) is 6.20 Å². The molecule has 3 aromatic rings. The molecule has 0 radical (unpaired) electrons. The number of benzene rings is 1. The number of rotatable bonds is 3. The Morgan fingerprint density at radius 3 is 2.77 bits per heavy atom. The fraction of sp³-hybridized carbons (Fsp3) is 0.381. The Morgan fingerprint density at radius 2 is 2.00 bits per heavy atom. The monoisotopic (exact) mass is 412 g/mol. The third-order valence-electron chi connectivity index (χ3n) is 5.76. The minimum absolute atomic E-state index is 0.0789. The first-order valence-corrected chi connectivity index (χ1v) is 10.1. The van der Waals surface area contributed by atoms with Crippen molar-refractivity contribution in [3.05, 3.63) is 48.0 Å². The highest BCUT2D eigenvalue weighted by Crippen LogP contribution is 2.28. The summed E-state index contributed by atoms with van der Waals surface area (Å²) in [6.45, 7) is 2.15. The van der Waals surface area contributed by atoms with Crippen molar-refractivity contribution in [1.29, 1.82) is 0 Å². The van der Waals surface area contributed by atoms with Crippen molar-refractivity contribution in [1.82, 2.24) is 25.0 Å². The van der Waals surface area contributed by atoms with Gasteiger partial charge in [0.1, 0.15) is 17.7 Å². The number of nitrogens with zero attached hydrogens (tertiary/aromatic N) is 4. The second kappa shape index (κ2) is 7.64. The Labute approximate surface area is 172 Å². The van der Waals surface area contributed by atoms with Gasteiger partial charge < -0.3 is 15.5 Å². The molecule has 2 aliphatic heterocycles. The fourth-order valence-electron chi connectivity index (χ4n) is 3.99. The molecule has 0 atom stereocenters. The van der Waals surface area contributed by atoms with Gasteiger partial charge in [0.25, 0.3) is 0 Å². The highest BCUT2D eigenvalue weighted by Gasteiger charge is 2.30. The lowest BCUT2D eigenvalue weighted by molar-refractivity contribution is 0.0974. The molecule has 30 heavy (non-hydrogen) atoms. The minimum Gasteiger partial charge on any atom is -0.319 e. The van der Waals surface area contributed by atoms with E-state index in [1.165, 1.54) is 33.3 Å². The van der Waals surface area contributed by atoms with Crippen LogP contribution in [0, 0.1) is 5.82 Å². The molecule has 156 valence electrons. The van der Waals surface area contributed by atoms with E-state index in [0.29, 0.717) is 17.3 Å². The molecular formula is C21H22F2N6O. The maximum absolute atomic E-state index is 14.5. The number of piperidine rings is 1. The van der Waals surface area contributed by atoms with Crippen LogP contribution in [0.15, 0.2) is 36.7 Å². The van der Waals surface area contributed by atoms with Crippen molar-refractivity contribution < 1.29 is 13.6 Å². The maximum atomic E-state index is 14.5. The van der Waals surface area contributed by atoms with Gasteiger partial charge in [0.15, 0.2) is 5.65 Å². The summed E-state index contributed by atoms with van der Waals surface area (Å²) in [5.74, 6) is -0.000596. The number of aromatic nitrogens is 3. The van der Waals surface area contributed by atoms with Crippen molar-refractivity contribution in [3.8, 4) is 5.69 Å². The number of alkyl halides is 1. The molecule has 5 rings (SSSR count). The number of fused-ring (bicyclic) bond motifs is 1. The van der Waals surface area contributed by atoms with Gasteiger partial charge in [-0.05, 0) is 61.7 Å². The summed E-state index contributed by atoms with van der Waals surface area (Å²) in [7, 11) is 0. The number of hydrogen-bond donors (Lipinski definition) is 2. The van der Waals surface area contributed by atoms with Crippen LogP contribution in [0.5, 0.6) is 0 Å². The van der Waals surface area contributed by atoms with Gasteiger partial charge in [0.05, 0.1) is 13.1 Å². The molecule has 0 saturated carbocycles. The lowest BCUT2D eigenvalue weighted by atomic mass is 9.91. The van der Waals surface area contributed by atoms with E-state index in [-0.39, 0.29) is 18.8 Å². The van der Waals surface area contributed by atoms with Gasteiger partial charge in [0, 0.05) is 23.5 Å². The van der Waals surface area contributed by atoms with Crippen molar-refractivity contribution in [3.63, 3.8) is 0 Å². The SMILES string of the molecule is O=C(Nc1ccc(F)c(-n2cc3cc(C4CCNCC4)cnc3n2)c1)N1CC(F)C1. The summed E-state index contributed by atoms with van der Waals surface area (Å²) >= 11 is 0. The first-order chi connectivity index (χ1) is 14.6. The van der Waals surface area contributed by atoms with E-state index < -0.39 is 18.0 Å². The number of urea groups is 1. The number of carbonyl (C=O) groups excluding carboxylic acids is 1. The van der Waals surface area contributed by atoms with E-state index in [2.05, 4.69) is 26.8 Å². The smallest absolute Gasteiger partial charge is 0.319 e. The van der Waals surface area contributed by atoms with Gasteiger partial charge in [0.2, 0.25) is 0 Å². The van der Waals surface area contributed by atoms with Crippen molar-refractivity contribution in [2.45, 2.75) is 24.9 Å². The Hall–Kier alpha value is -3.07. The lowest BCUT2D eigenvalue weighted by Gasteiger charge is -2.34. The second-order valence-electron chi connectivity index (χ2n) is 7.88. The van der Waals surface area contributed by atoms with Crippen molar-refractivity contribution in [2.24, 2.45) is 0 Å². The number of likely N-dealkylation sites (tertiary alicyclic amines) is 1. The molecule has 2 aromatic heterocycles. The average Bonchev–Trinajstić information content (AvgIpc) is 3.16. The first-order valence-electron chi connectivity index (χ1n) is 10.1. The standard InChI is InChI=1S/C21H22F2N6O/c22-16-11-28(12-16)21(30)26-17-1-2-18(23)19(8-17)29-10-15-7-14(9-25-20(15)27-29)13-3-5-24-6-4-13/h1-2,7-10,13,16,24H,3-6,11-12H2,(H,26,30). The Morgan fingerprint density at radius 1 is 1.20 bits per heavy atom. The predicted octanol–water partition coefficient (Wildman–Crippen LogP) is 3.21. The highest BCUT2D eigenvalue weighted by atomic mass is 19.1. The van der Waals surface area contributed by atoms with Crippen LogP contribution in [0.4, 0.5) is 19.3 Å². The fourth-order valence-corrected chi connectivity index (χ4v) is 3.99. The predicted molar refractivity (Wildman–Crippen MR) is 109 cm³/mol. The Kier molecular flexibility index (Phi) is 4.82. The lowest BCUT2D eigenvalue weighted by Crippen LogP contribution is -2.53. The van der Waals surface area contributed by atoms with Crippen LogP contribution in [0.2, 0.25) is 0 Å². The van der Waals surface area contributed by atoms with Crippen LogP contribution < -0.4 is 10.6 Å². The third kappa shape index (κ3) is 3.60. The summed E-state index contributed by atoms with van der Waals surface area (Å²) < 4.78 is 28.9. The van der Waals surface area contributed by atoms with Gasteiger partial charge >= 0.3 is 6.03 Å². The molecule has 1 aromatic carbocycles. The average molecular weight is 412 g/mol. The zero-order valence-electron chi connectivity index (χ0n) is 16.3. The maximum Gasteiger partial charge on any atom is 0.322 e. The Balaban J connectivity index is 1.40. The molecular weight excluding hydrogens is 390 g/mol. The number of carbonyl (C=O) groups is 1. The zero-order chi connectivity index (χ0) is 20.7. The van der Waals surface area contributed by atoms with Crippen molar-refractivity contribution in [2.75, 3.05) is 31.5 Å². The third-order valence-corrected chi connectivity index (χ3v) is 5.76. The summed E-state index contributed by atoms with van der Waals surface area (Å²) in [6.07, 6.45) is 4.77. The number of anilines is 1. The quantitative estimate of drug-likeness (QED) is 0.693. The molecule has 2 fully saturated rings. The number of hydrogen-bond acceptors (Lipinski definition) is 4. The molecule has 2 saturated heterocycles. The second-order valence-corrected chi connectivity index (χ2v) is 7.88. The largest absolute Gasteiger partial charge is 0.322 e. The van der Waals surface area contributed by atoms with Gasteiger partial charge in [-0.15, -0.1) is 5.10 Å². The first kappa shape index (κ1) is 18.9. The van der Waals surface area contributed by atoms with Crippen LogP contribution >= 0.6 is 0 Å². The van der Waals surface area contributed by atoms with E-state index >= 15 is 0 Å². The van der Waals surface area contributed by atoms with Crippen LogP contribution in [0.3, 0.4) is 0 Å². The zero-order valence-corrected chi connectivity index (χ0v) is 16.3. The summed E-state index contributed by atoms with van der Waals surface area (Å²) in [5.41, 5.74) is 2.34. The molecule has 0 bridgehead atoms. The molecule has 4 heterocycles. The van der Waals surface area contributed by atoms with Gasteiger partial charge in [-0.2, -0.15) is 0 Å². The molecule has 2 aliphatic rings. The number of halogens is 2. The Bertz CT molecular complexity index is 1090. The molecule has 0 spiro atoms. The van der Waals surface area contributed by atoms with E-state index in [9.17, 15) is 13.6 Å². The molecule has 7 nitrogen and oxygen atoms in total. The van der Waals surface area contributed by atoms with Gasteiger partial charge in [-0.1, -0.05) is 0 Å². The number of amides is 2. The highest BCUT2D eigenvalue weighted by molar-refractivity contribution is 5.90. The number of nitrogens with one attached hydrogen (secondary N) is 2. The van der Waals surface area contributed by atoms with Crippen LogP contribution in [0.1, 0.15) is 24.3 Å². The van der Waals surface area contributed by atoms with E-state index in [1.807, 2.05) is 6.20 Å². The van der Waals surface area contributed by atoms with Crippen LogP contribution in [-0.2, 0) is 0 Å². The summed E-state index contributed by atoms with van der Waals surface area (Å²) in [6, 6.07) is 5.93. The van der Waals surface area contributed by atoms with Crippen LogP contribution in [-0.4, -0.2) is 58.0 Å². The normalized spacial score (nSPS) is 17.9. The molecule has 9 heteroatoms. The summed E-state index contributed by atoms with van der Waals surface area (Å²) in [4.78, 5) is 17.9. The molecule has 0 unspecified atom stereocenters. The van der Waals surface area contributed by atoms with Gasteiger partial charge in [-0.25, -0.2) is 23.2 Å². The van der Waals surface area contributed by atoms with Gasteiger partial charge in [-0.3, -0.25) is 0 Å². The van der Waals surface area contributed by atoms with Crippen LogP contribution in [0.25, 0.3) is 16.7 Å². The van der Waals surface area contributed by atoms with Crippen molar-refractivity contribution >= 4 is 22.8 Å². The van der Waals surface area contributed by atoms with E-state index in [4.69, 9.17) is 0 Å². The van der Waals surface area contributed by atoms with E-state index in [0.717, 1.165) is 31.3 Å². The molecule has 2 amide bonds. The number of pyridine rings is 1.